The summed E-state index contributed by atoms with van der Waals surface area (Å²) in [5, 5.41) is 9.53. The number of benzene rings is 1. The first kappa shape index (κ1) is 13.0. The van der Waals surface area contributed by atoms with Crippen LogP contribution in [0.15, 0.2) is 24.3 Å². The number of urea groups is 1. The zero-order chi connectivity index (χ0) is 14.3. The minimum Gasteiger partial charge on any atom is -0.479 e. The number of hydrogen-bond acceptors (Lipinski definition) is 2. The third-order valence-electron chi connectivity index (χ3n) is 4.16. The molecule has 0 aromatic heterocycles. The molecule has 2 amide bonds. The van der Waals surface area contributed by atoms with E-state index in [1.807, 2.05) is 24.3 Å². The number of hydrogen-bond donors (Lipinski definition) is 1. The van der Waals surface area contributed by atoms with Gasteiger partial charge in [-0.1, -0.05) is 24.3 Å². The van der Waals surface area contributed by atoms with E-state index in [9.17, 15) is 14.7 Å². The van der Waals surface area contributed by atoms with Crippen molar-refractivity contribution in [3.8, 4) is 0 Å². The monoisotopic (exact) mass is 274 g/mol. The molecule has 1 aromatic rings. The van der Waals surface area contributed by atoms with Crippen molar-refractivity contribution in [1.82, 2.24) is 9.80 Å². The minimum absolute atomic E-state index is 0.172. The van der Waals surface area contributed by atoms with E-state index >= 15 is 0 Å². The first-order valence-corrected chi connectivity index (χ1v) is 6.93. The van der Waals surface area contributed by atoms with Crippen LogP contribution in [0.3, 0.4) is 0 Å². The van der Waals surface area contributed by atoms with Gasteiger partial charge in [0.15, 0.2) is 6.04 Å². The molecule has 1 saturated carbocycles. The van der Waals surface area contributed by atoms with Crippen LogP contribution in [0.4, 0.5) is 4.79 Å². The van der Waals surface area contributed by atoms with Crippen LogP contribution in [-0.4, -0.2) is 46.5 Å². The summed E-state index contributed by atoms with van der Waals surface area (Å²) in [6, 6.07) is 6.73. The SMILES string of the molecule is CN(C(=O)N1CCc2ccccc2C1C(=O)O)C1CC1. The fraction of sp³-hybridized carbons (Fsp3) is 0.467. The number of rotatable bonds is 2. The Kier molecular flexibility index (Phi) is 3.12. The van der Waals surface area contributed by atoms with Crippen LogP contribution in [0.5, 0.6) is 0 Å². The molecule has 106 valence electrons. The van der Waals surface area contributed by atoms with Crippen molar-refractivity contribution in [1.29, 1.82) is 0 Å². The second kappa shape index (κ2) is 4.81. The van der Waals surface area contributed by atoms with E-state index in [1.165, 1.54) is 4.90 Å². The van der Waals surface area contributed by atoms with Gasteiger partial charge in [-0.2, -0.15) is 0 Å². The predicted octanol–water partition coefficient (Wildman–Crippen LogP) is 1.88. The Morgan fingerprint density at radius 1 is 1.30 bits per heavy atom. The molecule has 1 heterocycles. The van der Waals surface area contributed by atoms with E-state index in [-0.39, 0.29) is 12.1 Å². The third kappa shape index (κ3) is 2.13. The highest BCUT2D eigenvalue weighted by Crippen LogP contribution is 2.33. The van der Waals surface area contributed by atoms with Crippen molar-refractivity contribution in [3.63, 3.8) is 0 Å². The van der Waals surface area contributed by atoms with E-state index < -0.39 is 12.0 Å². The molecule has 0 bridgehead atoms. The van der Waals surface area contributed by atoms with Gasteiger partial charge in [0.1, 0.15) is 0 Å². The molecule has 1 aromatic carbocycles. The smallest absolute Gasteiger partial charge is 0.331 e. The number of amides is 2. The van der Waals surface area contributed by atoms with Gasteiger partial charge in [-0.15, -0.1) is 0 Å². The maximum atomic E-state index is 12.5. The number of nitrogens with zero attached hydrogens (tertiary/aromatic N) is 2. The van der Waals surface area contributed by atoms with Crippen LogP contribution < -0.4 is 0 Å². The molecule has 0 spiro atoms. The predicted molar refractivity (Wildman–Crippen MR) is 73.4 cm³/mol. The molecule has 0 radical (unpaired) electrons. The molecule has 0 saturated heterocycles. The Morgan fingerprint density at radius 3 is 2.65 bits per heavy atom. The topological polar surface area (TPSA) is 60.9 Å². The van der Waals surface area contributed by atoms with Gasteiger partial charge in [-0.05, 0) is 30.4 Å². The summed E-state index contributed by atoms with van der Waals surface area (Å²) in [7, 11) is 1.76. The Balaban J connectivity index is 1.91. The molecule has 1 aliphatic carbocycles. The molecule has 1 aliphatic heterocycles. The first-order chi connectivity index (χ1) is 9.59. The lowest BCUT2D eigenvalue weighted by molar-refractivity contribution is -0.143. The molecule has 1 N–H and O–H groups in total. The lowest BCUT2D eigenvalue weighted by atomic mass is 9.93. The maximum Gasteiger partial charge on any atom is 0.331 e. The van der Waals surface area contributed by atoms with Crippen LogP contribution in [0.25, 0.3) is 0 Å². The Labute approximate surface area is 117 Å². The lowest BCUT2D eigenvalue weighted by Crippen LogP contribution is -2.49. The first-order valence-electron chi connectivity index (χ1n) is 6.93. The summed E-state index contributed by atoms with van der Waals surface area (Å²) in [4.78, 5) is 27.3. The Morgan fingerprint density at radius 2 is 2.00 bits per heavy atom. The van der Waals surface area contributed by atoms with Gasteiger partial charge in [0, 0.05) is 19.6 Å². The largest absolute Gasteiger partial charge is 0.479 e. The lowest BCUT2D eigenvalue weighted by Gasteiger charge is -2.37. The van der Waals surface area contributed by atoms with Crippen LogP contribution >= 0.6 is 0 Å². The van der Waals surface area contributed by atoms with E-state index in [0.29, 0.717) is 13.0 Å². The summed E-state index contributed by atoms with van der Waals surface area (Å²) < 4.78 is 0. The number of fused-ring (bicyclic) bond motifs is 1. The highest BCUT2D eigenvalue weighted by atomic mass is 16.4. The van der Waals surface area contributed by atoms with E-state index in [0.717, 1.165) is 24.0 Å². The van der Waals surface area contributed by atoms with Crippen molar-refractivity contribution in [2.75, 3.05) is 13.6 Å². The van der Waals surface area contributed by atoms with E-state index in [4.69, 9.17) is 0 Å². The second-order valence-electron chi connectivity index (χ2n) is 5.51. The molecule has 1 unspecified atom stereocenters. The molecule has 2 aliphatic rings. The van der Waals surface area contributed by atoms with Gasteiger partial charge in [0.05, 0.1) is 0 Å². The second-order valence-corrected chi connectivity index (χ2v) is 5.51. The van der Waals surface area contributed by atoms with Crippen LogP contribution in [0.1, 0.15) is 30.0 Å². The number of carbonyl (C=O) groups excluding carboxylic acids is 1. The molecule has 5 nitrogen and oxygen atoms in total. The molecule has 5 heteroatoms. The molecular weight excluding hydrogens is 256 g/mol. The minimum atomic E-state index is -0.963. The summed E-state index contributed by atoms with van der Waals surface area (Å²) in [5.74, 6) is -0.963. The van der Waals surface area contributed by atoms with Crippen molar-refractivity contribution in [2.45, 2.75) is 31.3 Å². The van der Waals surface area contributed by atoms with Crippen LogP contribution in [0.2, 0.25) is 0 Å². The van der Waals surface area contributed by atoms with Crippen molar-refractivity contribution in [2.24, 2.45) is 0 Å². The third-order valence-corrected chi connectivity index (χ3v) is 4.16. The van der Waals surface area contributed by atoms with Crippen LogP contribution in [0, 0.1) is 0 Å². The fourth-order valence-corrected chi connectivity index (χ4v) is 2.86. The number of carboxylic acid groups (broad SMARTS) is 1. The summed E-state index contributed by atoms with van der Waals surface area (Å²) in [5.41, 5.74) is 1.77. The zero-order valence-corrected chi connectivity index (χ0v) is 11.5. The summed E-state index contributed by atoms with van der Waals surface area (Å²) in [6.45, 7) is 0.462. The van der Waals surface area contributed by atoms with Crippen LogP contribution in [-0.2, 0) is 11.2 Å². The van der Waals surface area contributed by atoms with E-state index in [1.54, 1.807) is 11.9 Å². The fourth-order valence-electron chi connectivity index (χ4n) is 2.86. The Hall–Kier alpha value is -2.04. The number of carbonyl (C=O) groups is 2. The highest BCUT2D eigenvalue weighted by molar-refractivity contribution is 5.85. The van der Waals surface area contributed by atoms with Gasteiger partial charge in [0.2, 0.25) is 0 Å². The van der Waals surface area contributed by atoms with Crippen molar-refractivity contribution in [3.05, 3.63) is 35.4 Å². The number of carboxylic acids is 1. The molecule has 3 rings (SSSR count). The normalized spacial score (nSPS) is 21.2. The summed E-state index contributed by atoms with van der Waals surface area (Å²) in [6.07, 6.45) is 2.75. The van der Waals surface area contributed by atoms with Gasteiger partial charge in [-0.25, -0.2) is 9.59 Å². The molecular formula is C15H18N2O3. The van der Waals surface area contributed by atoms with Gasteiger partial charge >= 0.3 is 12.0 Å². The molecule has 1 fully saturated rings. The van der Waals surface area contributed by atoms with Crippen molar-refractivity contribution >= 4 is 12.0 Å². The van der Waals surface area contributed by atoms with Gasteiger partial charge in [-0.3, -0.25) is 0 Å². The van der Waals surface area contributed by atoms with E-state index in [2.05, 4.69) is 0 Å². The van der Waals surface area contributed by atoms with Crippen molar-refractivity contribution < 1.29 is 14.7 Å². The maximum absolute atomic E-state index is 12.5. The van der Waals surface area contributed by atoms with Gasteiger partial charge in [0.25, 0.3) is 0 Å². The summed E-state index contributed by atoms with van der Waals surface area (Å²) >= 11 is 0. The zero-order valence-electron chi connectivity index (χ0n) is 11.5. The quantitative estimate of drug-likeness (QED) is 0.895. The number of aliphatic carboxylic acids is 1. The average molecular weight is 274 g/mol. The highest BCUT2D eigenvalue weighted by Gasteiger charge is 2.40. The van der Waals surface area contributed by atoms with Gasteiger partial charge < -0.3 is 14.9 Å². The molecule has 20 heavy (non-hydrogen) atoms. The molecule has 1 atom stereocenters. The standard InChI is InChI=1S/C15H18N2O3/c1-16(11-6-7-11)15(20)17-9-8-10-4-2-3-5-12(10)13(17)14(18)19/h2-5,11,13H,6-9H2,1H3,(H,18,19). The average Bonchev–Trinajstić information content (AvgIpc) is 3.28. The Bertz CT molecular complexity index is 554.